The van der Waals surface area contributed by atoms with Gasteiger partial charge in [0.25, 0.3) is 5.91 Å². The van der Waals surface area contributed by atoms with Gasteiger partial charge in [-0.15, -0.1) is 5.10 Å². The van der Waals surface area contributed by atoms with Crippen molar-refractivity contribution in [2.24, 2.45) is 15.9 Å². The van der Waals surface area contributed by atoms with E-state index in [1.807, 2.05) is 72.8 Å². The summed E-state index contributed by atoms with van der Waals surface area (Å²) >= 11 is 1.42. The molecule has 7 nitrogen and oxygen atoms in total. The number of nitrogens with one attached hydrogen (secondary N) is 1. The molecule has 0 aliphatic rings. The van der Waals surface area contributed by atoms with Gasteiger partial charge in [0.1, 0.15) is 0 Å². The Labute approximate surface area is 214 Å². The molecule has 0 aromatic heterocycles. The standard InChI is InChI=1S/C28H26N4O3S/c1-34-26-16-21(17-30-32-28(29)36-19-20-8-3-2-4-9-20)14-15-25(26)35-18-27(33)31-24-13-7-11-22-10-5-6-12-23(22)24/h2-17H,18-19H2,1H3,(H2,29,32)(H,31,33). The molecule has 0 saturated heterocycles. The topological polar surface area (TPSA) is 98.3 Å². The van der Waals surface area contributed by atoms with Crippen molar-refractivity contribution in [1.29, 1.82) is 0 Å². The van der Waals surface area contributed by atoms with Gasteiger partial charge in [0.05, 0.1) is 13.3 Å². The minimum Gasteiger partial charge on any atom is -0.493 e. The van der Waals surface area contributed by atoms with E-state index in [9.17, 15) is 4.79 Å². The lowest BCUT2D eigenvalue weighted by Gasteiger charge is -2.12. The second-order valence-corrected chi connectivity index (χ2v) is 8.73. The third-order valence-electron chi connectivity index (χ3n) is 5.20. The van der Waals surface area contributed by atoms with Gasteiger partial charge in [-0.05, 0) is 40.8 Å². The van der Waals surface area contributed by atoms with E-state index in [4.69, 9.17) is 15.2 Å². The van der Waals surface area contributed by atoms with E-state index in [-0.39, 0.29) is 12.5 Å². The van der Waals surface area contributed by atoms with Gasteiger partial charge in [0.15, 0.2) is 23.3 Å². The highest BCUT2D eigenvalue weighted by atomic mass is 32.2. The number of anilines is 1. The van der Waals surface area contributed by atoms with E-state index in [0.29, 0.717) is 16.7 Å². The van der Waals surface area contributed by atoms with Gasteiger partial charge in [0, 0.05) is 16.8 Å². The zero-order valence-corrected chi connectivity index (χ0v) is 20.6. The molecule has 0 bridgehead atoms. The maximum absolute atomic E-state index is 12.5. The van der Waals surface area contributed by atoms with Crippen LogP contribution in [0, 0.1) is 0 Å². The Kier molecular flexibility index (Phi) is 8.56. The lowest BCUT2D eigenvalue weighted by atomic mass is 10.1. The van der Waals surface area contributed by atoms with Gasteiger partial charge in [-0.1, -0.05) is 78.5 Å². The first-order valence-corrected chi connectivity index (χ1v) is 12.2. The molecule has 0 radical (unpaired) electrons. The number of fused-ring (bicyclic) bond motifs is 1. The number of methoxy groups -OCH3 is 1. The number of thioether (sulfide) groups is 1. The maximum Gasteiger partial charge on any atom is 0.262 e. The fourth-order valence-corrected chi connectivity index (χ4v) is 4.07. The Morgan fingerprint density at radius 2 is 1.75 bits per heavy atom. The third-order valence-corrected chi connectivity index (χ3v) is 6.06. The van der Waals surface area contributed by atoms with Crippen molar-refractivity contribution >= 4 is 45.5 Å². The summed E-state index contributed by atoms with van der Waals surface area (Å²) in [6.07, 6.45) is 1.58. The number of amides is 1. The lowest BCUT2D eigenvalue weighted by molar-refractivity contribution is -0.118. The van der Waals surface area contributed by atoms with Gasteiger partial charge in [0.2, 0.25) is 0 Å². The van der Waals surface area contributed by atoms with Crippen molar-refractivity contribution in [2.75, 3.05) is 19.0 Å². The number of carbonyl (C=O) groups is 1. The number of hydrogen-bond donors (Lipinski definition) is 2. The first kappa shape index (κ1) is 24.8. The largest absolute Gasteiger partial charge is 0.493 e. The van der Waals surface area contributed by atoms with Crippen molar-refractivity contribution in [3.05, 3.63) is 102 Å². The Balaban J connectivity index is 1.33. The highest BCUT2D eigenvalue weighted by Crippen LogP contribution is 2.28. The number of ether oxygens (including phenoxy) is 2. The molecule has 1 amide bonds. The molecular formula is C28H26N4O3S. The second-order valence-electron chi connectivity index (χ2n) is 7.73. The predicted octanol–water partition coefficient (Wildman–Crippen LogP) is 5.45. The van der Waals surface area contributed by atoms with Crippen LogP contribution in [0.1, 0.15) is 11.1 Å². The maximum atomic E-state index is 12.5. The number of carbonyl (C=O) groups excluding carboxylic acids is 1. The molecule has 0 spiro atoms. The summed E-state index contributed by atoms with van der Waals surface area (Å²) in [7, 11) is 1.54. The van der Waals surface area contributed by atoms with Gasteiger partial charge in [-0.2, -0.15) is 5.10 Å². The molecule has 3 N–H and O–H groups in total. The highest BCUT2D eigenvalue weighted by molar-refractivity contribution is 8.13. The van der Waals surface area contributed by atoms with E-state index in [1.54, 1.807) is 24.4 Å². The Morgan fingerprint density at radius 3 is 2.58 bits per heavy atom. The van der Waals surface area contributed by atoms with Crippen LogP contribution in [0.2, 0.25) is 0 Å². The number of nitrogens with zero attached hydrogens (tertiary/aromatic N) is 2. The lowest BCUT2D eigenvalue weighted by Crippen LogP contribution is -2.20. The molecular weight excluding hydrogens is 472 g/mol. The highest BCUT2D eigenvalue weighted by Gasteiger charge is 2.10. The molecule has 4 rings (SSSR count). The predicted molar refractivity (Wildman–Crippen MR) is 148 cm³/mol. The van der Waals surface area contributed by atoms with Crippen LogP contribution >= 0.6 is 11.8 Å². The monoisotopic (exact) mass is 498 g/mol. The summed E-state index contributed by atoms with van der Waals surface area (Å²) < 4.78 is 11.1. The van der Waals surface area contributed by atoms with E-state index < -0.39 is 0 Å². The third kappa shape index (κ3) is 6.86. The quantitative estimate of drug-likeness (QED) is 0.182. The molecule has 4 aromatic rings. The molecule has 4 aromatic carbocycles. The fourth-order valence-electron chi connectivity index (χ4n) is 3.46. The number of rotatable bonds is 9. The fraction of sp³-hybridized carbons (Fsp3) is 0.107. The van der Waals surface area contributed by atoms with Crippen LogP contribution in [-0.2, 0) is 10.5 Å². The minimum absolute atomic E-state index is 0.160. The van der Waals surface area contributed by atoms with Crippen molar-refractivity contribution < 1.29 is 14.3 Å². The molecule has 36 heavy (non-hydrogen) atoms. The first-order chi connectivity index (χ1) is 17.6. The van der Waals surface area contributed by atoms with Crippen LogP contribution < -0.4 is 20.5 Å². The molecule has 0 aliphatic heterocycles. The van der Waals surface area contributed by atoms with Gasteiger partial charge >= 0.3 is 0 Å². The summed E-state index contributed by atoms with van der Waals surface area (Å²) in [4.78, 5) is 12.5. The average molecular weight is 499 g/mol. The van der Waals surface area contributed by atoms with Gasteiger partial charge in [-0.3, -0.25) is 4.79 Å². The van der Waals surface area contributed by atoms with Crippen molar-refractivity contribution in [3.63, 3.8) is 0 Å². The summed E-state index contributed by atoms with van der Waals surface area (Å²) in [5.74, 6) is 1.38. The molecule has 0 unspecified atom stereocenters. The second kappa shape index (κ2) is 12.4. The van der Waals surface area contributed by atoms with Gasteiger partial charge < -0.3 is 20.5 Å². The van der Waals surface area contributed by atoms with E-state index in [2.05, 4.69) is 15.5 Å². The number of hydrogen-bond acceptors (Lipinski definition) is 6. The van der Waals surface area contributed by atoms with Crippen LogP contribution in [-0.4, -0.2) is 31.0 Å². The first-order valence-electron chi connectivity index (χ1n) is 11.2. The Morgan fingerprint density at radius 1 is 0.972 bits per heavy atom. The summed E-state index contributed by atoms with van der Waals surface area (Å²) in [5, 5.41) is 13.4. The summed E-state index contributed by atoms with van der Waals surface area (Å²) in [5.41, 5.74) is 8.59. The van der Waals surface area contributed by atoms with Crippen LogP contribution in [0.4, 0.5) is 5.69 Å². The van der Waals surface area contributed by atoms with E-state index >= 15 is 0 Å². The molecule has 182 valence electrons. The number of nitrogens with two attached hydrogens (primary N) is 1. The van der Waals surface area contributed by atoms with E-state index in [1.165, 1.54) is 18.9 Å². The molecule has 0 aliphatic carbocycles. The number of amidine groups is 1. The van der Waals surface area contributed by atoms with Crippen LogP contribution in [0.5, 0.6) is 11.5 Å². The molecule has 0 heterocycles. The van der Waals surface area contributed by atoms with Crippen LogP contribution in [0.3, 0.4) is 0 Å². The van der Waals surface area contributed by atoms with Crippen molar-refractivity contribution in [3.8, 4) is 11.5 Å². The van der Waals surface area contributed by atoms with Gasteiger partial charge in [-0.25, -0.2) is 0 Å². The molecule has 0 atom stereocenters. The number of benzene rings is 4. The smallest absolute Gasteiger partial charge is 0.262 e. The normalized spacial score (nSPS) is 11.5. The van der Waals surface area contributed by atoms with Crippen molar-refractivity contribution in [1.82, 2.24) is 0 Å². The Bertz CT molecular complexity index is 1380. The summed E-state index contributed by atoms with van der Waals surface area (Å²) in [6, 6.07) is 28.9. The molecule has 0 fully saturated rings. The average Bonchev–Trinajstić information content (AvgIpc) is 2.92. The zero-order chi connectivity index (χ0) is 25.2. The Hall–Kier alpha value is -4.30. The summed E-state index contributed by atoms with van der Waals surface area (Å²) in [6.45, 7) is -0.160. The van der Waals surface area contributed by atoms with Crippen molar-refractivity contribution in [2.45, 2.75) is 5.75 Å². The molecule has 8 heteroatoms. The minimum atomic E-state index is -0.267. The van der Waals surface area contributed by atoms with Crippen LogP contribution in [0.25, 0.3) is 10.8 Å². The zero-order valence-electron chi connectivity index (χ0n) is 19.8. The SMILES string of the molecule is COc1cc(C=NN=C(N)SCc2ccccc2)ccc1OCC(=O)Nc1cccc2ccccc12. The van der Waals surface area contributed by atoms with Crippen LogP contribution in [0.15, 0.2) is 101 Å². The van der Waals surface area contributed by atoms with E-state index in [0.717, 1.165) is 33.3 Å². The molecule has 0 saturated carbocycles.